The highest BCUT2D eigenvalue weighted by Crippen LogP contribution is 2.26. The monoisotopic (exact) mass is 520 g/mol. The molecule has 0 radical (unpaired) electrons. The van der Waals surface area contributed by atoms with Crippen molar-refractivity contribution >= 4 is 35.4 Å². The zero-order valence-electron chi connectivity index (χ0n) is 21.0. The van der Waals surface area contributed by atoms with Gasteiger partial charge in [0.05, 0.1) is 11.2 Å². The third-order valence-electron chi connectivity index (χ3n) is 6.50. The van der Waals surface area contributed by atoms with Gasteiger partial charge in [0.15, 0.2) is 5.82 Å². The molecular weight excluding hydrogens is 492 g/mol. The Kier molecular flexibility index (Phi) is 7.15. The normalized spacial score (nSPS) is 18.3. The lowest BCUT2D eigenvalue weighted by Gasteiger charge is -2.32. The number of nitrogens with zero attached hydrogens (tertiary/aromatic N) is 8. The predicted octanol–water partition coefficient (Wildman–Crippen LogP) is 2.94. The topological polar surface area (TPSA) is 117 Å². The average Bonchev–Trinajstić information content (AvgIpc) is 3.26. The first-order chi connectivity index (χ1) is 17.9. The molecule has 3 aromatic heterocycles. The van der Waals surface area contributed by atoms with Gasteiger partial charge in [-0.3, -0.25) is 15.1 Å². The molecule has 1 aliphatic carbocycles. The standard InChI is InChI=1S/C25H29ClN10O/c1-16-7-6-8-17(26)20(16)29-22(37)19-15-28-24(35(19)3)32-23-30-21(18-9-4-5-10-27-18)31-25(33-23)36-13-11-34(2)12-14-36/h4-6,8-10,15-16H,7,11-14H2,1-3H3,(H,29,37)(H,28,30,31,32,33). The Balaban J connectivity index is 1.41. The molecule has 4 heterocycles. The maximum atomic E-state index is 13.0. The van der Waals surface area contributed by atoms with Crippen LogP contribution >= 0.6 is 11.6 Å². The first-order valence-corrected chi connectivity index (χ1v) is 12.5. The number of hydrogen-bond acceptors (Lipinski definition) is 9. The molecule has 1 saturated heterocycles. The Morgan fingerprint density at radius 2 is 1.89 bits per heavy atom. The number of piperazine rings is 1. The van der Waals surface area contributed by atoms with Gasteiger partial charge in [-0.2, -0.15) is 15.0 Å². The number of amides is 1. The summed E-state index contributed by atoms with van der Waals surface area (Å²) in [6.07, 6.45) is 7.84. The number of imidazole rings is 1. The Morgan fingerprint density at radius 1 is 1.08 bits per heavy atom. The number of likely N-dealkylation sites (N-methyl/N-ethyl adjacent to an activating group) is 1. The number of rotatable bonds is 6. The summed E-state index contributed by atoms with van der Waals surface area (Å²) in [6.45, 7) is 5.47. The van der Waals surface area contributed by atoms with Crippen LogP contribution in [0.2, 0.25) is 0 Å². The van der Waals surface area contributed by atoms with E-state index in [1.807, 2.05) is 37.3 Å². The summed E-state index contributed by atoms with van der Waals surface area (Å²) >= 11 is 6.32. The van der Waals surface area contributed by atoms with Gasteiger partial charge in [0.2, 0.25) is 17.8 Å². The lowest BCUT2D eigenvalue weighted by molar-refractivity contribution is 0.0953. The summed E-state index contributed by atoms with van der Waals surface area (Å²) in [5.41, 5.74) is 1.72. The SMILES string of the molecule is CC1CC=CC(Cl)=C1NC(=O)c1cnc(Nc2nc(-c3ccccn3)nc(N3CCN(C)CC3)n2)n1C. The van der Waals surface area contributed by atoms with Crippen molar-refractivity contribution in [3.63, 3.8) is 0 Å². The van der Waals surface area contributed by atoms with Crippen LogP contribution in [0.4, 0.5) is 17.8 Å². The van der Waals surface area contributed by atoms with Crippen LogP contribution in [0.15, 0.2) is 53.5 Å². The van der Waals surface area contributed by atoms with Gasteiger partial charge in [-0.1, -0.05) is 30.7 Å². The third-order valence-corrected chi connectivity index (χ3v) is 6.83. The molecule has 2 N–H and O–H groups in total. The number of aromatic nitrogens is 6. The second kappa shape index (κ2) is 10.7. The molecule has 1 fully saturated rings. The first-order valence-electron chi connectivity index (χ1n) is 12.2. The van der Waals surface area contributed by atoms with E-state index in [1.54, 1.807) is 17.8 Å². The van der Waals surface area contributed by atoms with Crippen molar-refractivity contribution in [3.8, 4) is 11.5 Å². The minimum atomic E-state index is -0.290. The number of halogens is 1. The van der Waals surface area contributed by atoms with Gasteiger partial charge in [-0.05, 0) is 31.7 Å². The second-order valence-electron chi connectivity index (χ2n) is 9.19. The molecular formula is C25H29ClN10O. The Morgan fingerprint density at radius 3 is 2.62 bits per heavy atom. The van der Waals surface area contributed by atoms with Crippen molar-refractivity contribution in [3.05, 3.63) is 59.2 Å². The second-order valence-corrected chi connectivity index (χ2v) is 9.60. The molecule has 2 aliphatic rings. The third kappa shape index (κ3) is 5.47. The smallest absolute Gasteiger partial charge is 0.273 e. The van der Waals surface area contributed by atoms with Crippen LogP contribution in [-0.2, 0) is 7.05 Å². The molecule has 0 bridgehead atoms. The summed E-state index contributed by atoms with van der Waals surface area (Å²) < 4.78 is 1.66. The molecule has 1 amide bonds. The maximum Gasteiger partial charge on any atom is 0.273 e. The van der Waals surface area contributed by atoms with Gasteiger partial charge in [-0.15, -0.1) is 0 Å². The predicted molar refractivity (Wildman–Crippen MR) is 143 cm³/mol. The van der Waals surface area contributed by atoms with Crippen LogP contribution in [-0.4, -0.2) is 73.5 Å². The molecule has 12 heteroatoms. The molecule has 1 atom stereocenters. The van der Waals surface area contributed by atoms with E-state index in [1.165, 1.54) is 6.20 Å². The minimum Gasteiger partial charge on any atom is -0.338 e. The maximum absolute atomic E-state index is 13.0. The van der Waals surface area contributed by atoms with Gasteiger partial charge in [0, 0.05) is 51.0 Å². The fourth-order valence-electron chi connectivity index (χ4n) is 4.20. The minimum absolute atomic E-state index is 0.121. The van der Waals surface area contributed by atoms with Crippen molar-refractivity contribution in [1.29, 1.82) is 0 Å². The number of hydrogen-bond donors (Lipinski definition) is 2. The van der Waals surface area contributed by atoms with E-state index in [-0.39, 0.29) is 11.8 Å². The highest BCUT2D eigenvalue weighted by Gasteiger charge is 2.23. The van der Waals surface area contributed by atoms with E-state index in [0.29, 0.717) is 45.8 Å². The molecule has 0 saturated carbocycles. The van der Waals surface area contributed by atoms with Crippen molar-refractivity contribution in [1.82, 2.24) is 39.7 Å². The number of carbonyl (C=O) groups is 1. The highest BCUT2D eigenvalue weighted by molar-refractivity contribution is 6.31. The number of allylic oxidation sites excluding steroid dienone is 4. The average molecular weight is 521 g/mol. The summed E-state index contributed by atoms with van der Waals surface area (Å²) in [5, 5.41) is 6.65. The Hall–Kier alpha value is -3.83. The zero-order chi connectivity index (χ0) is 25.9. The number of nitrogens with one attached hydrogen (secondary N) is 2. The molecule has 11 nitrogen and oxygen atoms in total. The molecule has 5 rings (SSSR count). The van der Waals surface area contributed by atoms with Crippen LogP contribution in [0.1, 0.15) is 23.8 Å². The van der Waals surface area contributed by atoms with Crippen LogP contribution in [0, 0.1) is 5.92 Å². The van der Waals surface area contributed by atoms with Gasteiger partial charge in [-0.25, -0.2) is 4.98 Å². The van der Waals surface area contributed by atoms with E-state index in [9.17, 15) is 4.79 Å². The van der Waals surface area contributed by atoms with Crippen molar-refractivity contribution in [2.75, 3.05) is 43.4 Å². The van der Waals surface area contributed by atoms with Gasteiger partial charge >= 0.3 is 0 Å². The molecule has 1 unspecified atom stereocenters. The van der Waals surface area contributed by atoms with Crippen molar-refractivity contribution < 1.29 is 4.79 Å². The Labute approximate surface area is 220 Å². The van der Waals surface area contributed by atoms with E-state index in [4.69, 9.17) is 16.6 Å². The molecule has 192 valence electrons. The molecule has 1 aliphatic heterocycles. The first kappa shape index (κ1) is 24.8. The van der Waals surface area contributed by atoms with Gasteiger partial charge in [0.1, 0.15) is 11.4 Å². The molecule has 37 heavy (non-hydrogen) atoms. The van der Waals surface area contributed by atoms with Crippen LogP contribution in [0.25, 0.3) is 11.5 Å². The van der Waals surface area contributed by atoms with Gasteiger partial charge < -0.3 is 19.7 Å². The van der Waals surface area contributed by atoms with Crippen molar-refractivity contribution in [2.24, 2.45) is 13.0 Å². The van der Waals surface area contributed by atoms with Crippen LogP contribution < -0.4 is 15.5 Å². The molecule has 0 spiro atoms. The fraction of sp³-hybridized carbons (Fsp3) is 0.360. The molecule has 0 aromatic carbocycles. The summed E-state index contributed by atoms with van der Waals surface area (Å²) in [6, 6.07) is 5.60. The van der Waals surface area contributed by atoms with E-state index in [0.717, 1.165) is 32.6 Å². The fourth-order valence-corrected chi connectivity index (χ4v) is 4.53. The lowest BCUT2D eigenvalue weighted by Crippen LogP contribution is -2.45. The highest BCUT2D eigenvalue weighted by atomic mass is 35.5. The van der Waals surface area contributed by atoms with Crippen LogP contribution in [0.3, 0.4) is 0 Å². The quantitative estimate of drug-likeness (QED) is 0.505. The Bertz CT molecular complexity index is 1340. The van der Waals surface area contributed by atoms with Crippen molar-refractivity contribution in [2.45, 2.75) is 13.3 Å². The molecule has 3 aromatic rings. The zero-order valence-corrected chi connectivity index (χ0v) is 21.8. The van der Waals surface area contributed by atoms with E-state index < -0.39 is 0 Å². The van der Waals surface area contributed by atoms with Gasteiger partial charge in [0.25, 0.3) is 5.91 Å². The summed E-state index contributed by atoms with van der Waals surface area (Å²) in [7, 11) is 3.86. The largest absolute Gasteiger partial charge is 0.338 e. The van der Waals surface area contributed by atoms with Crippen LogP contribution in [0.5, 0.6) is 0 Å². The number of anilines is 3. The summed E-state index contributed by atoms with van der Waals surface area (Å²) in [4.78, 5) is 40.2. The number of pyridine rings is 1. The number of carbonyl (C=O) groups excluding carboxylic acids is 1. The summed E-state index contributed by atoms with van der Waals surface area (Å²) in [5.74, 6) is 1.60. The lowest BCUT2D eigenvalue weighted by atomic mass is 9.99. The van der Waals surface area contributed by atoms with E-state index in [2.05, 4.69) is 47.4 Å². The van der Waals surface area contributed by atoms with E-state index >= 15 is 0 Å².